The summed E-state index contributed by atoms with van der Waals surface area (Å²) in [6.45, 7) is 1.20. The van der Waals surface area contributed by atoms with Crippen molar-refractivity contribution in [1.82, 2.24) is 0 Å². The Morgan fingerprint density at radius 1 is 1.06 bits per heavy atom. The summed E-state index contributed by atoms with van der Waals surface area (Å²) in [5.41, 5.74) is 0. The summed E-state index contributed by atoms with van der Waals surface area (Å²) in [6, 6.07) is 6.93. The lowest BCUT2D eigenvalue weighted by Crippen LogP contribution is -2.16. The van der Waals surface area contributed by atoms with Crippen molar-refractivity contribution in [1.29, 1.82) is 0 Å². The largest absolute Gasteiger partial charge is 0.414 e. The van der Waals surface area contributed by atoms with E-state index in [4.69, 9.17) is 0 Å². The van der Waals surface area contributed by atoms with Crippen LogP contribution < -0.4 is 0 Å². The number of hydrogen-bond donors (Lipinski definition) is 0. The summed E-state index contributed by atoms with van der Waals surface area (Å²) < 4.78 is 53.0. The molecule has 0 radical (unpaired) electrons. The zero-order valence-corrected chi connectivity index (χ0v) is 9.99. The Bertz CT molecular complexity index is 531. The van der Waals surface area contributed by atoms with Gasteiger partial charge >= 0.3 is 20.5 Å². The molecule has 0 atom stereocenters. The standard InChI is InChI=1S/C8H10O6S2/c1-2-13-16(11,12)14-15(9,10)8-6-4-3-5-7-8/h3-7H,2H2,1H3. The molecule has 0 aliphatic carbocycles. The van der Waals surface area contributed by atoms with E-state index in [9.17, 15) is 16.8 Å². The van der Waals surface area contributed by atoms with Gasteiger partial charge in [-0.3, -0.25) is 0 Å². The lowest BCUT2D eigenvalue weighted by molar-refractivity contribution is 0.289. The van der Waals surface area contributed by atoms with Crippen molar-refractivity contribution in [2.24, 2.45) is 0 Å². The van der Waals surface area contributed by atoms with Crippen LogP contribution in [-0.4, -0.2) is 23.4 Å². The monoisotopic (exact) mass is 266 g/mol. The Hall–Kier alpha value is -0.960. The maximum atomic E-state index is 11.4. The van der Waals surface area contributed by atoms with Crippen LogP contribution in [-0.2, 0) is 28.3 Å². The Balaban J connectivity index is 2.98. The zero-order valence-electron chi connectivity index (χ0n) is 8.36. The fourth-order valence-corrected chi connectivity index (χ4v) is 3.03. The molecular formula is C8H10O6S2. The summed E-state index contributed by atoms with van der Waals surface area (Å²) >= 11 is 0. The maximum Gasteiger partial charge on any atom is 0.414 e. The Labute approximate surface area is 94.3 Å². The molecule has 90 valence electrons. The van der Waals surface area contributed by atoms with Crippen molar-refractivity contribution in [3.05, 3.63) is 30.3 Å². The minimum absolute atomic E-state index is 0.202. The fraction of sp³-hybridized carbons (Fsp3) is 0.250. The normalized spacial score (nSPS) is 12.6. The first-order valence-corrected chi connectivity index (χ1v) is 7.02. The molecule has 1 aromatic rings. The molecule has 0 bridgehead atoms. The van der Waals surface area contributed by atoms with Gasteiger partial charge in [0.15, 0.2) is 0 Å². The molecule has 0 spiro atoms. The van der Waals surface area contributed by atoms with Crippen molar-refractivity contribution in [2.45, 2.75) is 11.8 Å². The predicted octanol–water partition coefficient (Wildman–Crippen LogP) is 0.673. The molecule has 0 N–H and O–H groups in total. The van der Waals surface area contributed by atoms with Gasteiger partial charge in [0, 0.05) is 0 Å². The summed E-state index contributed by atoms with van der Waals surface area (Å²) in [5, 5.41) is 0. The van der Waals surface area contributed by atoms with Crippen LogP contribution in [0, 0.1) is 0 Å². The maximum absolute atomic E-state index is 11.4. The SMILES string of the molecule is CCOS(=O)(=O)OS(=O)(=O)c1ccccc1. The molecular weight excluding hydrogens is 256 g/mol. The molecule has 0 aromatic heterocycles. The Morgan fingerprint density at radius 3 is 2.12 bits per heavy atom. The minimum atomic E-state index is -4.53. The summed E-state index contributed by atoms with van der Waals surface area (Å²) in [4.78, 5) is -0.252. The summed E-state index contributed by atoms with van der Waals surface area (Å²) in [6.07, 6.45) is 0. The van der Waals surface area contributed by atoms with Gasteiger partial charge in [-0.1, -0.05) is 18.2 Å². The smallest absolute Gasteiger partial charge is 0.248 e. The van der Waals surface area contributed by atoms with Crippen LogP contribution in [0.5, 0.6) is 0 Å². The molecule has 8 heteroatoms. The van der Waals surface area contributed by atoms with Crippen molar-refractivity contribution < 1.29 is 24.6 Å². The van der Waals surface area contributed by atoms with Crippen LogP contribution in [0.4, 0.5) is 0 Å². The molecule has 1 aromatic carbocycles. The van der Waals surface area contributed by atoms with E-state index in [1.165, 1.54) is 31.2 Å². The number of hydrogen-bond acceptors (Lipinski definition) is 6. The quantitative estimate of drug-likeness (QED) is 0.778. The third kappa shape index (κ3) is 3.56. The molecule has 1 rings (SSSR count). The van der Waals surface area contributed by atoms with Crippen LogP contribution >= 0.6 is 0 Å². The first-order valence-electron chi connectivity index (χ1n) is 4.28. The second-order valence-electron chi connectivity index (χ2n) is 2.65. The molecule has 0 saturated heterocycles. The van der Waals surface area contributed by atoms with Gasteiger partial charge in [0.2, 0.25) is 0 Å². The van der Waals surface area contributed by atoms with Gasteiger partial charge < -0.3 is 0 Å². The van der Waals surface area contributed by atoms with Crippen molar-refractivity contribution in [2.75, 3.05) is 6.61 Å². The van der Waals surface area contributed by atoms with Crippen molar-refractivity contribution >= 4 is 20.5 Å². The van der Waals surface area contributed by atoms with Crippen LogP contribution in [0.25, 0.3) is 0 Å². The highest BCUT2D eigenvalue weighted by atomic mass is 32.3. The molecule has 0 amide bonds. The highest BCUT2D eigenvalue weighted by Gasteiger charge is 2.24. The third-order valence-corrected chi connectivity index (χ3v) is 4.22. The summed E-state index contributed by atoms with van der Waals surface area (Å²) in [7, 11) is -8.88. The van der Waals surface area contributed by atoms with Gasteiger partial charge in [-0.05, 0) is 19.1 Å². The minimum Gasteiger partial charge on any atom is -0.248 e. The predicted molar refractivity (Wildman–Crippen MR) is 55.3 cm³/mol. The molecule has 0 saturated carbocycles. The van der Waals surface area contributed by atoms with E-state index in [-0.39, 0.29) is 11.5 Å². The molecule has 0 unspecified atom stereocenters. The molecule has 0 aliphatic heterocycles. The lowest BCUT2D eigenvalue weighted by atomic mass is 10.4. The Morgan fingerprint density at radius 2 is 1.62 bits per heavy atom. The Kier molecular flexibility index (Phi) is 4.03. The van der Waals surface area contributed by atoms with E-state index in [0.717, 1.165) is 0 Å². The second-order valence-corrected chi connectivity index (χ2v) is 5.63. The van der Waals surface area contributed by atoms with E-state index in [2.05, 4.69) is 7.81 Å². The zero-order chi connectivity index (χ0) is 12.2. The van der Waals surface area contributed by atoms with E-state index in [1.54, 1.807) is 6.07 Å². The fourth-order valence-electron chi connectivity index (χ4n) is 0.900. The van der Waals surface area contributed by atoms with Crippen molar-refractivity contribution in [3.63, 3.8) is 0 Å². The summed E-state index contributed by atoms with van der Waals surface area (Å²) in [5.74, 6) is 0. The van der Waals surface area contributed by atoms with Gasteiger partial charge in [0.1, 0.15) is 0 Å². The number of rotatable bonds is 5. The molecule has 6 nitrogen and oxygen atoms in total. The van der Waals surface area contributed by atoms with Gasteiger partial charge in [-0.25, -0.2) is 4.18 Å². The number of benzene rings is 1. The first-order chi connectivity index (χ1) is 7.37. The van der Waals surface area contributed by atoms with Crippen LogP contribution in [0.1, 0.15) is 6.92 Å². The highest BCUT2D eigenvalue weighted by molar-refractivity contribution is 7.97. The van der Waals surface area contributed by atoms with E-state index < -0.39 is 20.5 Å². The molecule has 0 heterocycles. The van der Waals surface area contributed by atoms with E-state index in [0.29, 0.717) is 0 Å². The highest BCUT2D eigenvalue weighted by Crippen LogP contribution is 2.14. The van der Waals surface area contributed by atoms with Gasteiger partial charge in [0.25, 0.3) is 0 Å². The average Bonchev–Trinajstić information content (AvgIpc) is 2.17. The van der Waals surface area contributed by atoms with Crippen molar-refractivity contribution in [3.8, 4) is 0 Å². The topological polar surface area (TPSA) is 86.7 Å². The van der Waals surface area contributed by atoms with E-state index in [1.807, 2.05) is 0 Å². The first kappa shape index (κ1) is 13.1. The van der Waals surface area contributed by atoms with E-state index >= 15 is 0 Å². The van der Waals surface area contributed by atoms with Crippen LogP contribution in [0.3, 0.4) is 0 Å². The lowest BCUT2D eigenvalue weighted by Gasteiger charge is -2.04. The molecule has 0 fully saturated rings. The van der Waals surface area contributed by atoms with Gasteiger partial charge in [-0.2, -0.15) is 16.8 Å². The van der Waals surface area contributed by atoms with Gasteiger partial charge in [-0.15, -0.1) is 3.63 Å². The molecule has 16 heavy (non-hydrogen) atoms. The second kappa shape index (κ2) is 4.91. The van der Waals surface area contributed by atoms with Gasteiger partial charge in [0.05, 0.1) is 11.5 Å². The average molecular weight is 266 g/mol. The van der Waals surface area contributed by atoms with Crippen LogP contribution in [0.15, 0.2) is 35.2 Å². The molecule has 0 aliphatic rings. The van der Waals surface area contributed by atoms with Crippen LogP contribution in [0.2, 0.25) is 0 Å². The third-order valence-electron chi connectivity index (χ3n) is 1.47.